The maximum absolute atomic E-state index is 10.5. The highest BCUT2D eigenvalue weighted by atomic mass is 16.4. The van der Waals surface area contributed by atoms with Gasteiger partial charge in [0.2, 0.25) is 0 Å². The van der Waals surface area contributed by atoms with Crippen LogP contribution in [0.15, 0.2) is 24.8 Å². The molecule has 3 N–H and O–H groups in total. The second-order valence-corrected chi connectivity index (χ2v) is 6.97. The molecule has 0 amide bonds. The maximum Gasteiger partial charge on any atom is 0.303 e. The van der Waals surface area contributed by atoms with E-state index in [0.29, 0.717) is 12.8 Å². The summed E-state index contributed by atoms with van der Waals surface area (Å²) in [6, 6.07) is 0. The molecule has 4 heteroatoms. The number of carbonyl (C=O) groups is 1. The molecule has 0 bridgehead atoms. The van der Waals surface area contributed by atoms with Crippen molar-refractivity contribution in [3.05, 3.63) is 24.8 Å². The van der Waals surface area contributed by atoms with Crippen LogP contribution in [0.25, 0.3) is 0 Å². The maximum atomic E-state index is 10.5. The number of aliphatic hydroxyl groups excluding tert-OH is 2. The van der Waals surface area contributed by atoms with Crippen LogP contribution in [-0.2, 0) is 4.79 Å². The van der Waals surface area contributed by atoms with Crippen LogP contribution in [0.5, 0.6) is 0 Å². The standard InChI is InChI=1S/C20H34O4/c1-2-3-4-5-6-9-12-16-17(19(22)15-18(16)21)13-10-7-8-11-14-20(23)24/h2,7,10,16-19,21-22H,1,3-6,8-9,11-15H2,(H,23,24)/t16-,17-,18-,19+/m1/s1. The monoisotopic (exact) mass is 338 g/mol. The summed E-state index contributed by atoms with van der Waals surface area (Å²) in [6.45, 7) is 3.73. The van der Waals surface area contributed by atoms with E-state index in [9.17, 15) is 15.0 Å². The minimum absolute atomic E-state index is 0.129. The van der Waals surface area contributed by atoms with Gasteiger partial charge in [-0.2, -0.15) is 0 Å². The SMILES string of the molecule is C=CCCCCCC[C@@H]1[C@@H](CC=CCCCC(=O)O)[C@@H](O)C[C@H]1O. The largest absolute Gasteiger partial charge is 0.481 e. The number of hydrogen-bond acceptors (Lipinski definition) is 3. The normalized spacial score (nSPS) is 26.9. The lowest BCUT2D eigenvalue weighted by Crippen LogP contribution is -2.21. The number of carboxylic acids is 1. The number of hydrogen-bond donors (Lipinski definition) is 3. The lowest BCUT2D eigenvalue weighted by atomic mass is 9.86. The molecule has 1 aliphatic carbocycles. The summed E-state index contributed by atoms with van der Waals surface area (Å²) >= 11 is 0. The van der Waals surface area contributed by atoms with Crippen LogP contribution in [0.2, 0.25) is 0 Å². The molecule has 1 saturated carbocycles. The van der Waals surface area contributed by atoms with E-state index in [1.807, 2.05) is 18.2 Å². The fourth-order valence-electron chi connectivity index (χ4n) is 3.67. The van der Waals surface area contributed by atoms with Crippen molar-refractivity contribution in [2.75, 3.05) is 0 Å². The van der Waals surface area contributed by atoms with Gasteiger partial charge >= 0.3 is 5.97 Å². The molecule has 0 aromatic heterocycles. The van der Waals surface area contributed by atoms with E-state index in [4.69, 9.17) is 5.11 Å². The summed E-state index contributed by atoms with van der Waals surface area (Å²) in [5, 5.41) is 29.0. The highest BCUT2D eigenvalue weighted by molar-refractivity contribution is 5.66. The number of aliphatic carboxylic acids is 1. The van der Waals surface area contributed by atoms with Gasteiger partial charge in [-0.25, -0.2) is 0 Å². The van der Waals surface area contributed by atoms with E-state index >= 15 is 0 Å². The molecule has 0 unspecified atom stereocenters. The molecule has 0 aliphatic heterocycles. The van der Waals surface area contributed by atoms with Crippen molar-refractivity contribution >= 4 is 5.97 Å². The average Bonchev–Trinajstić information content (AvgIpc) is 2.80. The number of aliphatic hydroxyl groups is 2. The van der Waals surface area contributed by atoms with Crippen LogP contribution in [0.4, 0.5) is 0 Å². The first-order chi connectivity index (χ1) is 11.6. The first-order valence-corrected chi connectivity index (χ1v) is 9.40. The van der Waals surface area contributed by atoms with E-state index in [2.05, 4.69) is 6.58 Å². The third kappa shape index (κ3) is 8.11. The van der Waals surface area contributed by atoms with Crippen LogP contribution in [-0.4, -0.2) is 33.5 Å². The molecule has 0 aromatic carbocycles. The Balaban J connectivity index is 2.29. The van der Waals surface area contributed by atoms with E-state index in [-0.39, 0.29) is 18.3 Å². The predicted octanol–water partition coefficient (Wildman–Crippen LogP) is 4.07. The number of carboxylic acid groups (broad SMARTS) is 1. The first kappa shape index (κ1) is 20.9. The molecular formula is C20H34O4. The number of allylic oxidation sites excluding steroid dienone is 3. The average molecular weight is 338 g/mol. The zero-order valence-electron chi connectivity index (χ0n) is 14.8. The molecule has 0 aromatic rings. The van der Waals surface area contributed by atoms with Crippen molar-refractivity contribution in [2.45, 2.75) is 82.8 Å². The molecule has 24 heavy (non-hydrogen) atoms. The Morgan fingerprint density at radius 1 is 0.958 bits per heavy atom. The molecule has 0 radical (unpaired) electrons. The molecular weight excluding hydrogens is 304 g/mol. The van der Waals surface area contributed by atoms with Gasteiger partial charge in [0.25, 0.3) is 0 Å². The van der Waals surface area contributed by atoms with Crippen molar-refractivity contribution in [3.63, 3.8) is 0 Å². The molecule has 1 fully saturated rings. The third-order valence-corrected chi connectivity index (χ3v) is 5.05. The predicted molar refractivity (Wildman–Crippen MR) is 96.8 cm³/mol. The Bertz CT molecular complexity index is 391. The second-order valence-electron chi connectivity index (χ2n) is 6.97. The summed E-state index contributed by atoms with van der Waals surface area (Å²) in [4.78, 5) is 10.5. The quantitative estimate of drug-likeness (QED) is 0.349. The van der Waals surface area contributed by atoms with Crippen LogP contribution in [0.1, 0.15) is 70.6 Å². The number of unbranched alkanes of at least 4 members (excludes halogenated alkanes) is 5. The fourth-order valence-corrected chi connectivity index (χ4v) is 3.67. The molecule has 0 heterocycles. The lowest BCUT2D eigenvalue weighted by Gasteiger charge is -2.22. The molecule has 138 valence electrons. The Kier molecular flexibility index (Phi) is 10.7. The Morgan fingerprint density at radius 3 is 2.38 bits per heavy atom. The highest BCUT2D eigenvalue weighted by Gasteiger charge is 2.40. The van der Waals surface area contributed by atoms with Crippen LogP contribution in [0, 0.1) is 11.8 Å². The van der Waals surface area contributed by atoms with E-state index in [1.165, 1.54) is 19.3 Å². The number of rotatable bonds is 13. The topological polar surface area (TPSA) is 77.8 Å². The molecule has 1 rings (SSSR count). The van der Waals surface area contributed by atoms with Crippen molar-refractivity contribution in [2.24, 2.45) is 11.8 Å². The van der Waals surface area contributed by atoms with E-state index < -0.39 is 18.2 Å². The van der Waals surface area contributed by atoms with Crippen LogP contribution < -0.4 is 0 Å². The van der Waals surface area contributed by atoms with Gasteiger partial charge in [-0.1, -0.05) is 37.5 Å². The summed E-state index contributed by atoms with van der Waals surface area (Å²) in [5.41, 5.74) is 0. The van der Waals surface area contributed by atoms with Gasteiger partial charge in [-0.05, 0) is 56.8 Å². The van der Waals surface area contributed by atoms with Gasteiger partial charge in [0.1, 0.15) is 0 Å². The lowest BCUT2D eigenvalue weighted by molar-refractivity contribution is -0.137. The molecule has 1 aliphatic rings. The summed E-state index contributed by atoms with van der Waals surface area (Å²) in [5.74, 6) is -0.446. The molecule has 4 nitrogen and oxygen atoms in total. The van der Waals surface area contributed by atoms with Gasteiger partial charge in [-0.3, -0.25) is 4.79 Å². The first-order valence-electron chi connectivity index (χ1n) is 9.40. The zero-order chi connectivity index (χ0) is 17.8. The van der Waals surface area contributed by atoms with Gasteiger partial charge in [-0.15, -0.1) is 6.58 Å². The smallest absolute Gasteiger partial charge is 0.303 e. The molecule has 4 atom stereocenters. The summed E-state index contributed by atoms with van der Waals surface area (Å²) in [6.07, 6.45) is 14.8. The van der Waals surface area contributed by atoms with Crippen LogP contribution >= 0.6 is 0 Å². The highest BCUT2D eigenvalue weighted by Crippen LogP contribution is 2.38. The van der Waals surface area contributed by atoms with Crippen molar-refractivity contribution in [3.8, 4) is 0 Å². The zero-order valence-corrected chi connectivity index (χ0v) is 14.8. The van der Waals surface area contributed by atoms with Gasteiger partial charge < -0.3 is 15.3 Å². The van der Waals surface area contributed by atoms with Crippen LogP contribution in [0.3, 0.4) is 0 Å². The summed E-state index contributed by atoms with van der Waals surface area (Å²) in [7, 11) is 0. The van der Waals surface area contributed by atoms with Crippen molar-refractivity contribution in [1.29, 1.82) is 0 Å². The third-order valence-electron chi connectivity index (χ3n) is 5.05. The molecule has 0 saturated heterocycles. The van der Waals surface area contributed by atoms with Gasteiger partial charge in [0.15, 0.2) is 0 Å². The minimum Gasteiger partial charge on any atom is -0.481 e. The Labute approximate surface area is 146 Å². The van der Waals surface area contributed by atoms with E-state index in [1.54, 1.807) is 0 Å². The van der Waals surface area contributed by atoms with Crippen molar-refractivity contribution < 1.29 is 20.1 Å². The van der Waals surface area contributed by atoms with E-state index in [0.717, 1.165) is 32.1 Å². The molecule has 0 spiro atoms. The fraction of sp³-hybridized carbons (Fsp3) is 0.750. The Morgan fingerprint density at radius 2 is 1.67 bits per heavy atom. The summed E-state index contributed by atoms with van der Waals surface area (Å²) < 4.78 is 0. The minimum atomic E-state index is -0.758. The second kappa shape index (κ2) is 12.3. The van der Waals surface area contributed by atoms with Gasteiger partial charge in [0.05, 0.1) is 12.2 Å². The Hall–Kier alpha value is -1.13. The van der Waals surface area contributed by atoms with Gasteiger partial charge in [0, 0.05) is 6.42 Å². The van der Waals surface area contributed by atoms with Crippen molar-refractivity contribution in [1.82, 2.24) is 0 Å².